The average molecular weight is 245 g/mol. The van der Waals surface area contributed by atoms with Crippen molar-refractivity contribution in [3.05, 3.63) is 46.1 Å². The summed E-state index contributed by atoms with van der Waals surface area (Å²) in [4.78, 5) is 22.6. The van der Waals surface area contributed by atoms with E-state index in [1.165, 1.54) is 25.0 Å². The molecule has 0 aliphatic heterocycles. The smallest absolute Gasteiger partial charge is 0.335 e. The van der Waals surface area contributed by atoms with Gasteiger partial charge in [0, 0.05) is 23.7 Å². The molecule has 1 fully saturated rings. The summed E-state index contributed by atoms with van der Waals surface area (Å²) in [6, 6.07) is 4.44. The first-order valence-corrected chi connectivity index (χ1v) is 5.68. The van der Waals surface area contributed by atoms with Gasteiger partial charge in [-0.1, -0.05) is 0 Å². The summed E-state index contributed by atoms with van der Waals surface area (Å²) in [7, 11) is 0. The molecule has 1 saturated carbocycles. The quantitative estimate of drug-likeness (QED) is 0.857. The van der Waals surface area contributed by atoms with Gasteiger partial charge in [-0.05, 0) is 18.9 Å². The Morgan fingerprint density at radius 1 is 1.44 bits per heavy atom. The Balaban J connectivity index is 1.72. The Kier molecular flexibility index (Phi) is 2.47. The largest absolute Gasteiger partial charge is 0.430 e. The molecule has 3 rings (SSSR count). The van der Waals surface area contributed by atoms with E-state index in [0.29, 0.717) is 11.7 Å². The van der Waals surface area contributed by atoms with Crippen molar-refractivity contribution in [2.24, 2.45) is 0 Å². The molecule has 2 aromatic rings. The number of H-pyrrole nitrogens is 1. The summed E-state index contributed by atoms with van der Waals surface area (Å²) in [6.07, 6.45) is 3.46. The molecule has 6 nitrogen and oxygen atoms in total. The van der Waals surface area contributed by atoms with Crippen LogP contribution in [0.5, 0.6) is 0 Å². The first-order valence-electron chi connectivity index (χ1n) is 5.68. The van der Waals surface area contributed by atoms with Gasteiger partial charge >= 0.3 is 5.63 Å². The van der Waals surface area contributed by atoms with Crippen molar-refractivity contribution in [1.29, 1.82) is 0 Å². The van der Waals surface area contributed by atoms with Crippen LogP contribution >= 0.6 is 0 Å². The third-order valence-corrected chi connectivity index (χ3v) is 2.82. The Hall–Kier alpha value is -2.37. The van der Waals surface area contributed by atoms with Crippen molar-refractivity contribution >= 4 is 11.7 Å². The number of anilines is 1. The van der Waals surface area contributed by atoms with Gasteiger partial charge in [0.1, 0.15) is 6.26 Å². The van der Waals surface area contributed by atoms with E-state index in [1.54, 1.807) is 0 Å². The fourth-order valence-electron chi connectivity index (χ4n) is 1.68. The zero-order chi connectivity index (χ0) is 12.5. The van der Waals surface area contributed by atoms with Crippen LogP contribution in [0.25, 0.3) is 0 Å². The maximum atomic E-state index is 11.8. The highest BCUT2D eigenvalue weighted by Gasteiger charge is 2.25. The third-order valence-electron chi connectivity index (χ3n) is 2.82. The lowest BCUT2D eigenvalue weighted by molar-refractivity contribution is 0.102. The molecule has 0 saturated heterocycles. The molecular weight excluding hydrogens is 234 g/mol. The van der Waals surface area contributed by atoms with E-state index in [0.717, 1.165) is 12.0 Å². The number of nitrogens with one attached hydrogen (secondary N) is 2. The van der Waals surface area contributed by atoms with Crippen molar-refractivity contribution in [3.8, 4) is 0 Å². The SMILES string of the molecule is O=C(Nc1cc(C2CC2)[nH]n1)c1ccc(=O)oc1. The number of hydrogen-bond donors (Lipinski definition) is 2. The van der Waals surface area contributed by atoms with Crippen LogP contribution in [0.4, 0.5) is 5.82 Å². The highest BCUT2D eigenvalue weighted by molar-refractivity contribution is 6.03. The van der Waals surface area contributed by atoms with E-state index >= 15 is 0 Å². The second-order valence-corrected chi connectivity index (χ2v) is 4.28. The minimum atomic E-state index is -0.484. The number of carbonyl (C=O) groups excluding carboxylic acids is 1. The molecule has 0 aromatic carbocycles. The molecule has 92 valence electrons. The second-order valence-electron chi connectivity index (χ2n) is 4.28. The molecule has 0 bridgehead atoms. The maximum Gasteiger partial charge on any atom is 0.335 e. The predicted octanol–water partition coefficient (Wildman–Crippen LogP) is 1.49. The number of aromatic nitrogens is 2. The molecular formula is C12H11N3O3. The van der Waals surface area contributed by atoms with E-state index in [4.69, 9.17) is 0 Å². The standard InChI is InChI=1S/C12H11N3O3/c16-11-4-3-8(6-18-11)12(17)13-10-5-9(14-15-10)7-1-2-7/h3-7H,1-2H2,(H2,13,14,15,17). The van der Waals surface area contributed by atoms with E-state index in [1.807, 2.05) is 6.07 Å². The topological polar surface area (TPSA) is 88.0 Å². The van der Waals surface area contributed by atoms with Gasteiger partial charge in [-0.3, -0.25) is 9.89 Å². The average Bonchev–Trinajstić information content (AvgIpc) is 3.11. The van der Waals surface area contributed by atoms with Gasteiger partial charge in [0.15, 0.2) is 5.82 Å². The summed E-state index contributed by atoms with van der Waals surface area (Å²) in [5.74, 6) is 0.679. The summed E-state index contributed by atoms with van der Waals surface area (Å²) < 4.78 is 4.63. The van der Waals surface area contributed by atoms with Crippen molar-refractivity contribution in [3.63, 3.8) is 0 Å². The van der Waals surface area contributed by atoms with Crippen LogP contribution in [0.3, 0.4) is 0 Å². The predicted molar refractivity (Wildman–Crippen MR) is 63.5 cm³/mol. The van der Waals surface area contributed by atoms with Crippen molar-refractivity contribution in [1.82, 2.24) is 10.2 Å². The lowest BCUT2D eigenvalue weighted by Gasteiger charge is -1.99. The van der Waals surface area contributed by atoms with Gasteiger partial charge in [0.2, 0.25) is 0 Å². The van der Waals surface area contributed by atoms with Crippen molar-refractivity contribution in [2.45, 2.75) is 18.8 Å². The summed E-state index contributed by atoms with van der Waals surface area (Å²) >= 11 is 0. The third kappa shape index (κ3) is 2.17. The van der Waals surface area contributed by atoms with Crippen LogP contribution in [0.1, 0.15) is 34.8 Å². The van der Waals surface area contributed by atoms with Crippen LogP contribution in [-0.2, 0) is 0 Å². The van der Waals surface area contributed by atoms with Crippen LogP contribution in [0.2, 0.25) is 0 Å². The monoisotopic (exact) mass is 245 g/mol. The Morgan fingerprint density at radius 3 is 2.94 bits per heavy atom. The van der Waals surface area contributed by atoms with Crippen LogP contribution in [-0.4, -0.2) is 16.1 Å². The first-order chi connectivity index (χ1) is 8.72. The molecule has 2 N–H and O–H groups in total. The van der Waals surface area contributed by atoms with Crippen LogP contribution in [0.15, 0.2) is 33.7 Å². The molecule has 2 heterocycles. The number of amides is 1. The highest BCUT2D eigenvalue weighted by atomic mass is 16.4. The lowest BCUT2D eigenvalue weighted by atomic mass is 10.3. The Bertz CT molecular complexity index is 620. The van der Waals surface area contributed by atoms with Gasteiger partial charge in [0.05, 0.1) is 5.56 Å². The number of hydrogen-bond acceptors (Lipinski definition) is 4. The van der Waals surface area contributed by atoms with Crippen LogP contribution < -0.4 is 10.9 Å². The van der Waals surface area contributed by atoms with Crippen LogP contribution in [0, 0.1) is 0 Å². The molecule has 6 heteroatoms. The van der Waals surface area contributed by atoms with E-state index in [-0.39, 0.29) is 11.5 Å². The number of aromatic amines is 1. The van der Waals surface area contributed by atoms with Gasteiger partial charge in [-0.2, -0.15) is 5.10 Å². The summed E-state index contributed by atoms with van der Waals surface area (Å²) in [5, 5.41) is 9.54. The molecule has 0 spiro atoms. The molecule has 1 aliphatic rings. The zero-order valence-electron chi connectivity index (χ0n) is 9.47. The minimum absolute atomic E-state index is 0.283. The van der Waals surface area contributed by atoms with Crippen molar-refractivity contribution in [2.75, 3.05) is 5.32 Å². The fraction of sp³-hybridized carbons (Fsp3) is 0.250. The molecule has 2 aromatic heterocycles. The lowest BCUT2D eigenvalue weighted by Crippen LogP contribution is -2.13. The normalized spacial score (nSPS) is 14.4. The van der Waals surface area contributed by atoms with E-state index in [2.05, 4.69) is 19.9 Å². The molecule has 18 heavy (non-hydrogen) atoms. The molecule has 1 amide bonds. The molecule has 0 radical (unpaired) electrons. The fourth-order valence-corrected chi connectivity index (χ4v) is 1.68. The maximum absolute atomic E-state index is 11.8. The second kappa shape index (κ2) is 4.14. The van der Waals surface area contributed by atoms with Gasteiger partial charge < -0.3 is 9.73 Å². The number of nitrogens with zero attached hydrogens (tertiary/aromatic N) is 1. The molecule has 0 atom stereocenters. The highest BCUT2D eigenvalue weighted by Crippen LogP contribution is 2.39. The van der Waals surface area contributed by atoms with E-state index < -0.39 is 5.63 Å². The summed E-state index contributed by atoms with van der Waals surface area (Å²) in [5.41, 5.74) is 0.845. The van der Waals surface area contributed by atoms with Gasteiger partial charge in [-0.15, -0.1) is 0 Å². The number of carbonyl (C=O) groups is 1. The van der Waals surface area contributed by atoms with Crippen molar-refractivity contribution < 1.29 is 9.21 Å². The molecule has 1 aliphatic carbocycles. The zero-order valence-corrected chi connectivity index (χ0v) is 9.47. The first kappa shape index (κ1) is 10.8. The van der Waals surface area contributed by atoms with E-state index in [9.17, 15) is 9.59 Å². The Morgan fingerprint density at radius 2 is 2.28 bits per heavy atom. The number of rotatable bonds is 3. The summed E-state index contributed by atoms with van der Waals surface area (Å²) in [6.45, 7) is 0. The van der Waals surface area contributed by atoms with Gasteiger partial charge in [0.25, 0.3) is 5.91 Å². The molecule has 0 unspecified atom stereocenters. The minimum Gasteiger partial charge on any atom is -0.430 e. The van der Waals surface area contributed by atoms with Gasteiger partial charge in [-0.25, -0.2) is 4.79 Å². The Labute approximate surface area is 102 Å².